The smallest absolute Gasteiger partial charge is 0.330 e. The first-order chi connectivity index (χ1) is 17.5. The molecule has 0 aromatic carbocycles. The lowest BCUT2D eigenvalue weighted by Crippen LogP contribution is -2.36. The van der Waals surface area contributed by atoms with E-state index in [4.69, 9.17) is 14.0 Å². The number of carbonyl (C=O) groups is 1. The number of cyclic esters (lactones) is 1. The van der Waals surface area contributed by atoms with Crippen LogP contribution in [0.3, 0.4) is 0 Å². The number of aliphatic hydroxyl groups is 1. The lowest BCUT2D eigenvalue weighted by Gasteiger charge is -2.30. The van der Waals surface area contributed by atoms with Gasteiger partial charge < -0.3 is 33.0 Å². The zero-order chi connectivity index (χ0) is 27.3. The first-order valence-corrected chi connectivity index (χ1v) is 16.2. The summed E-state index contributed by atoms with van der Waals surface area (Å²) in [6.07, 6.45) is 14.1. The molecular weight excluding hydrogens is 493 g/mol. The molecule has 0 aliphatic carbocycles. The molecule has 0 spiro atoms. The van der Waals surface area contributed by atoms with Gasteiger partial charge >= 0.3 is 5.97 Å². The molecule has 1 N–H and O–H groups in total. The number of epoxide rings is 1. The minimum absolute atomic E-state index is 0.0533. The molecule has 2 aliphatic rings. The molecule has 1 fully saturated rings. The largest absolute Gasteiger partial charge is 0.778 e. The number of hydrogen-bond acceptors (Lipinski definition) is 7. The number of quaternary nitrogens is 1. The van der Waals surface area contributed by atoms with Crippen LogP contribution in [0.1, 0.15) is 96.8 Å². The van der Waals surface area contributed by atoms with E-state index in [1.54, 1.807) is 6.08 Å². The molecule has 2 heterocycles. The normalized spacial score (nSPS) is 32.6. The summed E-state index contributed by atoms with van der Waals surface area (Å²) >= 11 is 0. The molecule has 37 heavy (non-hydrogen) atoms. The topological polar surface area (TPSA) is 108 Å². The number of aliphatic hydroxyl groups excluding tert-OH is 1. The quantitative estimate of drug-likeness (QED) is 0.223. The van der Waals surface area contributed by atoms with Gasteiger partial charge in [-0.05, 0) is 32.6 Å². The highest BCUT2D eigenvalue weighted by atomic mass is 31.2. The third-order valence-corrected chi connectivity index (χ3v) is 8.62. The molecule has 9 heteroatoms. The van der Waals surface area contributed by atoms with Crippen molar-refractivity contribution in [2.75, 3.05) is 33.8 Å². The molecule has 1 saturated heterocycles. The van der Waals surface area contributed by atoms with Gasteiger partial charge in [0.1, 0.15) is 19.8 Å². The molecule has 0 amide bonds. The maximum Gasteiger partial charge on any atom is 0.330 e. The molecule has 1 unspecified atom stereocenters. The maximum absolute atomic E-state index is 12.7. The predicted molar refractivity (Wildman–Crippen MR) is 144 cm³/mol. The van der Waals surface area contributed by atoms with Crippen molar-refractivity contribution in [1.82, 2.24) is 0 Å². The first-order valence-electron chi connectivity index (χ1n) is 14.5. The molecule has 6 atom stereocenters. The Bertz CT molecular complexity index is 739. The van der Waals surface area contributed by atoms with Crippen molar-refractivity contribution in [3.05, 3.63) is 12.2 Å². The second-order valence-electron chi connectivity index (χ2n) is 12.0. The maximum atomic E-state index is 12.7. The van der Waals surface area contributed by atoms with E-state index in [1.165, 1.54) is 44.6 Å². The molecule has 0 radical (unpaired) electrons. The Kier molecular flexibility index (Phi) is 14.4. The van der Waals surface area contributed by atoms with Crippen LogP contribution in [0.2, 0.25) is 0 Å². The van der Waals surface area contributed by atoms with Crippen molar-refractivity contribution in [2.24, 2.45) is 0 Å². The van der Waals surface area contributed by atoms with Crippen LogP contribution in [0.4, 0.5) is 0 Å². The Morgan fingerprint density at radius 1 is 1.00 bits per heavy atom. The summed E-state index contributed by atoms with van der Waals surface area (Å²) < 4.78 is 30.2. The highest BCUT2D eigenvalue weighted by molar-refractivity contribution is 7.51. The van der Waals surface area contributed by atoms with E-state index >= 15 is 0 Å². The first kappa shape index (κ1) is 32.5. The number of ether oxygens (including phenoxy) is 2. The van der Waals surface area contributed by atoms with Crippen LogP contribution in [0.15, 0.2) is 12.2 Å². The predicted octanol–water partition coefficient (Wildman–Crippen LogP) is 4.72. The highest BCUT2D eigenvalue weighted by Gasteiger charge is 2.49. The zero-order valence-corrected chi connectivity index (χ0v) is 24.5. The molecule has 8 nitrogen and oxygen atoms in total. The second-order valence-corrected chi connectivity index (χ2v) is 13.9. The van der Waals surface area contributed by atoms with Gasteiger partial charge in [-0.3, -0.25) is 0 Å². The van der Waals surface area contributed by atoms with Gasteiger partial charge in [0.05, 0.1) is 46.0 Å². The number of esters is 1. The van der Waals surface area contributed by atoms with Crippen LogP contribution < -0.4 is 4.89 Å². The van der Waals surface area contributed by atoms with E-state index in [0.29, 0.717) is 23.9 Å². The van der Waals surface area contributed by atoms with Gasteiger partial charge in [0, 0.05) is 18.7 Å². The van der Waals surface area contributed by atoms with Gasteiger partial charge in [-0.15, -0.1) is 0 Å². The van der Waals surface area contributed by atoms with Crippen molar-refractivity contribution in [3.8, 4) is 0 Å². The van der Waals surface area contributed by atoms with E-state index in [-0.39, 0.29) is 18.7 Å². The lowest BCUT2D eigenvalue weighted by atomic mass is 10.0. The summed E-state index contributed by atoms with van der Waals surface area (Å²) in [4.78, 5) is 25.0. The van der Waals surface area contributed by atoms with Crippen molar-refractivity contribution in [1.29, 1.82) is 0 Å². The summed E-state index contributed by atoms with van der Waals surface area (Å²) in [6, 6.07) is 0. The standard InChI is InChI=1S/C28H52NO7P/c1-23-17-13-11-9-7-5-6-8-10-12-14-18-24(30)27-28(35-27)25(19-15-20-26(31)34-23)36-37(32,33)22-16-21-29(2,3)4/h15,20,23-25,27-28,30H,5-14,16-19,21-22H2,1-4H3/b20-15+/t23-,24+,25+,27-,28-/m1/s1. The Labute approximate surface area is 224 Å². The van der Waals surface area contributed by atoms with Crippen LogP contribution in [0, 0.1) is 0 Å². The van der Waals surface area contributed by atoms with E-state index in [2.05, 4.69) is 0 Å². The zero-order valence-electron chi connectivity index (χ0n) is 23.6. The van der Waals surface area contributed by atoms with Crippen LogP contribution in [0.5, 0.6) is 0 Å². The van der Waals surface area contributed by atoms with E-state index in [0.717, 1.165) is 32.1 Å². The van der Waals surface area contributed by atoms with Crippen molar-refractivity contribution in [2.45, 2.75) is 127 Å². The van der Waals surface area contributed by atoms with E-state index in [1.807, 2.05) is 28.1 Å². The summed E-state index contributed by atoms with van der Waals surface area (Å²) in [5.41, 5.74) is 0. The molecule has 0 aromatic rings. The van der Waals surface area contributed by atoms with Gasteiger partial charge in [0.15, 0.2) is 0 Å². The highest BCUT2D eigenvalue weighted by Crippen LogP contribution is 2.44. The fraction of sp³-hybridized carbons (Fsp3) is 0.893. The molecule has 0 bridgehead atoms. The van der Waals surface area contributed by atoms with Crippen LogP contribution in [0.25, 0.3) is 0 Å². The van der Waals surface area contributed by atoms with Gasteiger partial charge in [0.25, 0.3) is 0 Å². The number of fused-ring (bicyclic) bond motifs is 1. The summed E-state index contributed by atoms with van der Waals surface area (Å²) in [6.45, 7) is 2.62. The fourth-order valence-corrected chi connectivity index (χ4v) is 6.19. The minimum atomic E-state index is -4.11. The third kappa shape index (κ3) is 14.8. The van der Waals surface area contributed by atoms with Crippen LogP contribution >= 0.6 is 7.60 Å². The van der Waals surface area contributed by atoms with Crippen molar-refractivity contribution < 1.29 is 37.8 Å². The Hall–Kier alpha value is -0.760. The number of hydrogen-bond donors (Lipinski definition) is 1. The van der Waals surface area contributed by atoms with E-state index < -0.39 is 38.0 Å². The molecule has 0 aromatic heterocycles. The average Bonchev–Trinajstić information content (AvgIpc) is 3.58. The van der Waals surface area contributed by atoms with Crippen LogP contribution in [-0.2, 0) is 23.4 Å². The van der Waals surface area contributed by atoms with Gasteiger partial charge in [0.2, 0.25) is 0 Å². The Balaban J connectivity index is 1.99. The number of nitrogens with zero attached hydrogens (tertiary/aromatic N) is 1. The van der Waals surface area contributed by atoms with Gasteiger partial charge in [-0.1, -0.05) is 63.9 Å². The second kappa shape index (κ2) is 16.4. The van der Waals surface area contributed by atoms with E-state index in [9.17, 15) is 19.4 Å². The molecule has 216 valence electrons. The molecule has 2 rings (SSSR count). The number of carbonyl (C=O) groups excluding carboxylic acids is 1. The average molecular weight is 546 g/mol. The van der Waals surface area contributed by atoms with Gasteiger partial charge in [-0.25, -0.2) is 4.79 Å². The molecular formula is C28H52NO7P. The Morgan fingerprint density at radius 2 is 1.57 bits per heavy atom. The Morgan fingerprint density at radius 3 is 2.16 bits per heavy atom. The summed E-state index contributed by atoms with van der Waals surface area (Å²) in [5, 5.41) is 10.6. The lowest BCUT2D eigenvalue weighted by molar-refractivity contribution is -0.870. The molecule has 0 saturated carbocycles. The number of rotatable bonds is 6. The van der Waals surface area contributed by atoms with Gasteiger partial charge in [-0.2, -0.15) is 0 Å². The van der Waals surface area contributed by atoms with Crippen molar-refractivity contribution >= 4 is 13.6 Å². The summed E-state index contributed by atoms with van der Waals surface area (Å²) in [5.74, 6) is -0.435. The molecule has 2 aliphatic heterocycles. The van der Waals surface area contributed by atoms with Crippen LogP contribution in [-0.4, -0.2) is 79.9 Å². The van der Waals surface area contributed by atoms with Crippen molar-refractivity contribution in [3.63, 3.8) is 0 Å². The third-order valence-electron chi connectivity index (χ3n) is 7.16. The fourth-order valence-electron chi connectivity index (χ4n) is 4.94. The minimum Gasteiger partial charge on any atom is -0.778 e. The SMILES string of the molecule is C[C@@H]1CCCCCCCCCCCC[C@H](O)[C@H]2O[C@@H]2[C@@H](OP(=O)([O-])CCC[N+](C)(C)C)C/C=C/C(=O)O1. The monoisotopic (exact) mass is 545 g/mol. The summed E-state index contributed by atoms with van der Waals surface area (Å²) in [7, 11) is 1.94.